The lowest BCUT2D eigenvalue weighted by atomic mass is 10.1. The Balaban J connectivity index is 1.73. The third kappa shape index (κ3) is 3.83. The Bertz CT molecular complexity index is 653. The van der Waals surface area contributed by atoms with Gasteiger partial charge in [-0.05, 0) is 43.2 Å². The molecular weight excluding hydrogens is 294 g/mol. The Labute approximate surface area is 135 Å². The van der Waals surface area contributed by atoms with E-state index in [4.69, 9.17) is 4.74 Å². The summed E-state index contributed by atoms with van der Waals surface area (Å²) in [5.74, 6) is 1.61. The first kappa shape index (κ1) is 15.0. The van der Waals surface area contributed by atoms with Crippen LogP contribution in [-0.2, 0) is 5.75 Å². The molecule has 0 aliphatic heterocycles. The quantitative estimate of drug-likeness (QED) is 0.823. The van der Waals surface area contributed by atoms with Gasteiger partial charge in [-0.1, -0.05) is 18.2 Å². The van der Waals surface area contributed by atoms with Crippen LogP contribution in [0, 0.1) is 0 Å². The minimum Gasteiger partial charge on any atom is -0.496 e. The van der Waals surface area contributed by atoms with Crippen LogP contribution in [0.3, 0.4) is 0 Å². The van der Waals surface area contributed by atoms with Gasteiger partial charge < -0.3 is 10.1 Å². The van der Waals surface area contributed by atoms with E-state index in [1.165, 1.54) is 4.90 Å². The van der Waals surface area contributed by atoms with E-state index in [2.05, 4.69) is 17.4 Å². The molecule has 0 heterocycles. The van der Waals surface area contributed by atoms with Crippen LogP contribution >= 0.6 is 11.8 Å². The lowest BCUT2D eigenvalue weighted by molar-refractivity contribution is 0.0951. The van der Waals surface area contributed by atoms with E-state index in [0.29, 0.717) is 11.6 Å². The number of hydrogen-bond acceptors (Lipinski definition) is 3. The lowest BCUT2D eigenvalue weighted by Crippen LogP contribution is -2.25. The summed E-state index contributed by atoms with van der Waals surface area (Å²) in [7, 11) is 1.66. The maximum Gasteiger partial charge on any atom is 0.251 e. The van der Waals surface area contributed by atoms with Crippen LogP contribution in [0.25, 0.3) is 0 Å². The average molecular weight is 313 g/mol. The minimum atomic E-state index is 0.0103. The van der Waals surface area contributed by atoms with Gasteiger partial charge in [-0.3, -0.25) is 4.79 Å². The van der Waals surface area contributed by atoms with Crippen molar-refractivity contribution in [2.75, 3.05) is 7.11 Å². The van der Waals surface area contributed by atoms with Crippen LogP contribution in [-0.4, -0.2) is 19.1 Å². The van der Waals surface area contributed by atoms with Crippen LogP contribution in [0.2, 0.25) is 0 Å². The summed E-state index contributed by atoms with van der Waals surface area (Å²) in [6.45, 7) is 0. The third-order valence-electron chi connectivity index (χ3n) is 3.59. The summed E-state index contributed by atoms with van der Waals surface area (Å²) in [4.78, 5) is 13.4. The van der Waals surface area contributed by atoms with E-state index in [9.17, 15) is 4.79 Å². The monoisotopic (exact) mass is 313 g/mol. The number of thioether (sulfide) groups is 1. The number of methoxy groups -OCH3 is 1. The Morgan fingerprint density at radius 2 is 2.00 bits per heavy atom. The fourth-order valence-corrected chi connectivity index (χ4v) is 3.10. The number of amides is 1. The summed E-state index contributed by atoms with van der Waals surface area (Å²) in [5, 5.41) is 3.02. The molecule has 0 bridgehead atoms. The van der Waals surface area contributed by atoms with E-state index in [1.54, 1.807) is 18.9 Å². The van der Waals surface area contributed by atoms with Crippen molar-refractivity contribution >= 4 is 17.7 Å². The van der Waals surface area contributed by atoms with Gasteiger partial charge in [-0.25, -0.2) is 0 Å². The molecule has 3 rings (SSSR count). The Kier molecular flexibility index (Phi) is 4.68. The molecule has 2 aromatic carbocycles. The molecule has 1 aliphatic rings. The summed E-state index contributed by atoms with van der Waals surface area (Å²) in [6.07, 6.45) is 2.19. The molecule has 1 N–H and O–H groups in total. The Hall–Kier alpha value is -1.94. The number of carbonyl (C=O) groups excluding carboxylic acids is 1. The van der Waals surface area contributed by atoms with Gasteiger partial charge in [0.1, 0.15) is 5.75 Å². The van der Waals surface area contributed by atoms with Crippen LogP contribution in [0.4, 0.5) is 0 Å². The highest BCUT2D eigenvalue weighted by Crippen LogP contribution is 2.29. The molecule has 2 aromatic rings. The molecule has 1 amide bonds. The normalized spacial score (nSPS) is 13.7. The van der Waals surface area contributed by atoms with Gasteiger partial charge in [0.2, 0.25) is 0 Å². The van der Waals surface area contributed by atoms with Gasteiger partial charge >= 0.3 is 0 Å². The van der Waals surface area contributed by atoms with Crippen molar-refractivity contribution in [1.29, 1.82) is 0 Å². The van der Waals surface area contributed by atoms with Gasteiger partial charge in [-0.15, -0.1) is 11.8 Å². The number of benzene rings is 2. The molecule has 22 heavy (non-hydrogen) atoms. The molecule has 0 radical (unpaired) electrons. The van der Waals surface area contributed by atoms with Crippen molar-refractivity contribution in [3.05, 3.63) is 59.7 Å². The maximum atomic E-state index is 12.2. The zero-order chi connectivity index (χ0) is 15.4. The zero-order valence-electron chi connectivity index (χ0n) is 12.5. The largest absolute Gasteiger partial charge is 0.496 e. The second-order valence-electron chi connectivity index (χ2n) is 5.38. The standard InChI is InChI=1S/C18H19NO2S/c1-21-17-10-7-13(18(20)19-15-8-9-15)11-14(17)12-22-16-5-3-2-4-6-16/h2-7,10-11,15H,8-9,12H2,1H3,(H,19,20). The Morgan fingerprint density at radius 1 is 1.23 bits per heavy atom. The van der Waals surface area contributed by atoms with Crippen molar-refractivity contribution < 1.29 is 9.53 Å². The van der Waals surface area contributed by atoms with E-state index in [1.807, 2.05) is 36.4 Å². The van der Waals surface area contributed by atoms with E-state index in [-0.39, 0.29) is 5.91 Å². The van der Waals surface area contributed by atoms with Crippen molar-refractivity contribution in [3.63, 3.8) is 0 Å². The van der Waals surface area contributed by atoms with Gasteiger partial charge in [-0.2, -0.15) is 0 Å². The summed E-state index contributed by atoms with van der Waals surface area (Å²) >= 11 is 1.74. The van der Waals surface area contributed by atoms with Crippen LogP contribution in [0.1, 0.15) is 28.8 Å². The van der Waals surface area contributed by atoms with Crippen molar-refractivity contribution in [2.45, 2.75) is 29.5 Å². The molecule has 0 spiro atoms. The summed E-state index contributed by atoms with van der Waals surface area (Å²) in [5.41, 5.74) is 1.75. The van der Waals surface area contributed by atoms with Crippen LogP contribution < -0.4 is 10.1 Å². The number of hydrogen-bond donors (Lipinski definition) is 1. The van der Waals surface area contributed by atoms with Crippen molar-refractivity contribution in [3.8, 4) is 5.75 Å². The second-order valence-corrected chi connectivity index (χ2v) is 6.42. The van der Waals surface area contributed by atoms with Gasteiger partial charge in [0.05, 0.1) is 7.11 Å². The molecular formula is C18H19NO2S. The van der Waals surface area contributed by atoms with E-state index >= 15 is 0 Å². The minimum absolute atomic E-state index is 0.0103. The molecule has 1 saturated carbocycles. The maximum absolute atomic E-state index is 12.2. The first-order chi connectivity index (χ1) is 10.8. The lowest BCUT2D eigenvalue weighted by Gasteiger charge is -2.11. The van der Waals surface area contributed by atoms with Crippen molar-refractivity contribution in [2.24, 2.45) is 0 Å². The predicted octanol–water partition coefficient (Wildman–Crippen LogP) is 3.88. The molecule has 0 atom stereocenters. The second kappa shape index (κ2) is 6.88. The molecule has 1 aliphatic carbocycles. The topological polar surface area (TPSA) is 38.3 Å². The highest BCUT2D eigenvalue weighted by Gasteiger charge is 2.24. The highest BCUT2D eigenvalue weighted by molar-refractivity contribution is 7.98. The SMILES string of the molecule is COc1ccc(C(=O)NC2CC2)cc1CSc1ccccc1. The molecule has 3 nitrogen and oxygen atoms in total. The van der Waals surface area contributed by atoms with Crippen molar-refractivity contribution in [1.82, 2.24) is 5.32 Å². The van der Waals surface area contributed by atoms with Gasteiger partial charge in [0.15, 0.2) is 0 Å². The Morgan fingerprint density at radius 3 is 2.68 bits per heavy atom. The molecule has 0 saturated heterocycles. The predicted molar refractivity (Wildman–Crippen MR) is 89.5 cm³/mol. The molecule has 0 unspecified atom stereocenters. The van der Waals surface area contributed by atoms with E-state index < -0.39 is 0 Å². The summed E-state index contributed by atoms with van der Waals surface area (Å²) in [6, 6.07) is 16.2. The molecule has 114 valence electrons. The number of rotatable bonds is 6. The van der Waals surface area contributed by atoms with Gasteiger partial charge in [0, 0.05) is 27.8 Å². The summed E-state index contributed by atoms with van der Waals surface area (Å²) < 4.78 is 5.42. The van der Waals surface area contributed by atoms with E-state index in [0.717, 1.165) is 29.9 Å². The fraction of sp³-hybridized carbons (Fsp3) is 0.278. The molecule has 0 aromatic heterocycles. The number of nitrogens with one attached hydrogen (secondary N) is 1. The third-order valence-corrected chi connectivity index (χ3v) is 4.65. The first-order valence-electron chi connectivity index (χ1n) is 7.42. The first-order valence-corrected chi connectivity index (χ1v) is 8.40. The fourth-order valence-electron chi connectivity index (χ4n) is 2.21. The zero-order valence-corrected chi connectivity index (χ0v) is 13.4. The smallest absolute Gasteiger partial charge is 0.251 e. The average Bonchev–Trinajstić information content (AvgIpc) is 3.37. The number of ether oxygens (including phenoxy) is 1. The number of carbonyl (C=O) groups is 1. The van der Waals surface area contributed by atoms with Crippen LogP contribution in [0.5, 0.6) is 5.75 Å². The highest BCUT2D eigenvalue weighted by atomic mass is 32.2. The molecule has 1 fully saturated rings. The van der Waals surface area contributed by atoms with Gasteiger partial charge in [0.25, 0.3) is 5.91 Å². The molecule has 4 heteroatoms. The van der Waals surface area contributed by atoms with Crippen LogP contribution in [0.15, 0.2) is 53.4 Å².